The molecule has 0 spiro atoms. The third kappa shape index (κ3) is 3.07. The molecule has 0 saturated carbocycles. The molecule has 0 saturated heterocycles. The molecule has 1 nitrogen and oxygen atoms in total. The maximum Gasteiger partial charge on any atom is 0.132 e. The summed E-state index contributed by atoms with van der Waals surface area (Å²) in [6.07, 6.45) is 0. The zero-order valence-corrected chi connectivity index (χ0v) is 11.3. The van der Waals surface area contributed by atoms with Gasteiger partial charge in [-0.15, -0.1) is 0 Å². The largest absolute Gasteiger partial charge is 0.489 e. The predicted octanol–water partition coefficient (Wildman–Crippen LogP) is 4.61. The minimum atomic E-state index is -0.593. The van der Waals surface area contributed by atoms with Gasteiger partial charge in [-0.25, -0.2) is 8.78 Å². The molecule has 0 aliphatic heterocycles. The van der Waals surface area contributed by atoms with Gasteiger partial charge in [-0.1, -0.05) is 15.9 Å². The van der Waals surface area contributed by atoms with E-state index in [1.165, 1.54) is 12.1 Å². The Labute approximate surface area is 113 Å². The van der Waals surface area contributed by atoms with Crippen LogP contribution in [0.15, 0.2) is 40.9 Å². The minimum absolute atomic E-state index is 0.0780. The van der Waals surface area contributed by atoms with Gasteiger partial charge in [-0.05, 0) is 42.8 Å². The van der Waals surface area contributed by atoms with Gasteiger partial charge in [0.05, 0.1) is 0 Å². The highest BCUT2D eigenvalue weighted by atomic mass is 79.9. The first-order chi connectivity index (χ1) is 8.56. The summed E-state index contributed by atoms with van der Waals surface area (Å²) >= 11 is 3.35. The second kappa shape index (κ2) is 5.48. The van der Waals surface area contributed by atoms with E-state index in [9.17, 15) is 8.78 Å². The van der Waals surface area contributed by atoms with Gasteiger partial charge in [-0.3, -0.25) is 0 Å². The van der Waals surface area contributed by atoms with Crippen molar-refractivity contribution in [1.82, 2.24) is 0 Å². The second-order valence-electron chi connectivity index (χ2n) is 3.93. The number of hydrogen-bond acceptors (Lipinski definition) is 1. The molecule has 0 aliphatic rings. The smallest absolute Gasteiger partial charge is 0.132 e. The summed E-state index contributed by atoms with van der Waals surface area (Å²) in [5.41, 5.74) is 1.28. The third-order valence-corrected chi connectivity index (χ3v) is 3.03. The molecule has 0 bridgehead atoms. The molecule has 0 aromatic heterocycles. The lowest BCUT2D eigenvalue weighted by molar-refractivity contribution is 0.297. The van der Waals surface area contributed by atoms with Crippen molar-refractivity contribution in [2.45, 2.75) is 13.5 Å². The quantitative estimate of drug-likeness (QED) is 0.804. The molecule has 2 aromatic carbocycles. The monoisotopic (exact) mass is 312 g/mol. The Morgan fingerprint density at radius 3 is 2.56 bits per heavy atom. The van der Waals surface area contributed by atoms with Gasteiger partial charge < -0.3 is 4.74 Å². The summed E-state index contributed by atoms with van der Waals surface area (Å²) < 4.78 is 32.6. The Bertz CT molecular complexity index is 518. The summed E-state index contributed by atoms with van der Waals surface area (Å²) in [5, 5.41) is 0. The van der Waals surface area contributed by atoms with Crippen LogP contribution in [0.1, 0.15) is 11.1 Å². The molecule has 0 fully saturated rings. The molecule has 18 heavy (non-hydrogen) atoms. The average Bonchev–Trinajstić information content (AvgIpc) is 2.30. The van der Waals surface area contributed by atoms with Crippen molar-refractivity contribution in [3.05, 3.63) is 63.6 Å². The Hall–Kier alpha value is -1.42. The van der Waals surface area contributed by atoms with Gasteiger partial charge in [0.1, 0.15) is 24.0 Å². The zero-order valence-electron chi connectivity index (χ0n) is 9.71. The zero-order chi connectivity index (χ0) is 13.1. The lowest BCUT2D eigenvalue weighted by Crippen LogP contribution is -2.00. The molecule has 2 rings (SSSR count). The summed E-state index contributed by atoms with van der Waals surface area (Å²) in [7, 11) is 0. The molecule has 2 aromatic rings. The molecular formula is C14H11BrF2O. The number of hydrogen-bond donors (Lipinski definition) is 0. The SMILES string of the molecule is Cc1cc(Br)ccc1OCc1ccc(F)cc1F. The van der Waals surface area contributed by atoms with Gasteiger partial charge >= 0.3 is 0 Å². The van der Waals surface area contributed by atoms with Crippen LogP contribution in [0.25, 0.3) is 0 Å². The average molecular weight is 313 g/mol. The molecule has 0 heterocycles. The van der Waals surface area contributed by atoms with Gasteiger partial charge in [0.25, 0.3) is 0 Å². The first-order valence-corrected chi connectivity index (χ1v) is 6.18. The molecule has 0 amide bonds. The lowest BCUT2D eigenvalue weighted by atomic mass is 10.2. The standard InChI is InChI=1S/C14H11BrF2O/c1-9-6-11(15)3-5-14(9)18-8-10-2-4-12(16)7-13(10)17/h2-7H,8H2,1H3. The molecule has 0 N–H and O–H groups in total. The van der Waals surface area contributed by atoms with E-state index in [0.717, 1.165) is 16.1 Å². The highest BCUT2D eigenvalue weighted by Gasteiger charge is 2.06. The highest BCUT2D eigenvalue weighted by Crippen LogP contribution is 2.23. The number of ether oxygens (including phenoxy) is 1. The Balaban J connectivity index is 2.11. The number of aryl methyl sites for hydroxylation is 1. The summed E-state index contributed by atoms with van der Waals surface area (Å²) in [6.45, 7) is 1.98. The van der Waals surface area contributed by atoms with Crippen LogP contribution < -0.4 is 4.74 Å². The van der Waals surface area contributed by atoms with Crippen molar-refractivity contribution in [3.8, 4) is 5.75 Å². The Kier molecular flexibility index (Phi) is 3.97. The summed E-state index contributed by atoms with van der Waals surface area (Å²) in [6, 6.07) is 9.03. The minimum Gasteiger partial charge on any atom is -0.489 e. The number of benzene rings is 2. The fourth-order valence-electron chi connectivity index (χ4n) is 1.57. The molecule has 4 heteroatoms. The van der Waals surface area contributed by atoms with Crippen LogP contribution in [0.3, 0.4) is 0 Å². The van der Waals surface area contributed by atoms with Crippen LogP contribution in [0.2, 0.25) is 0 Å². The molecule has 94 valence electrons. The highest BCUT2D eigenvalue weighted by molar-refractivity contribution is 9.10. The number of halogens is 3. The summed E-state index contributed by atoms with van der Waals surface area (Å²) in [5.74, 6) is -0.497. The van der Waals surface area contributed by atoms with Crippen LogP contribution in [-0.2, 0) is 6.61 Å². The fourth-order valence-corrected chi connectivity index (χ4v) is 2.04. The normalized spacial score (nSPS) is 10.4. The van der Waals surface area contributed by atoms with E-state index in [-0.39, 0.29) is 6.61 Å². The first-order valence-electron chi connectivity index (χ1n) is 5.39. The van der Waals surface area contributed by atoms with Gasteiger partial charge in [0, 0.05) is 16.1 Å². The molecule has 0 atom stereocenters. The molecular weight excluding hydrogens is 302 g/mol. The van der Waals surface area contributed by atoms with E-state index in [4.69, 9.17) is 4.74 Å². The van der Waals surface area contributed by atoms with Crippen LogP contribution in [-0.4, -0.2) is 0 Å². The maximum atomic E-state index is 13.4. The number of rotatable bonds is 3. The third-order valence-electron chi connectivity index (χ3n) is 2.54. The topological polar surface area (TPSA) is 9.23 Å². The predicted molar refractivity (Wildman–Crippen MR) is 69.6 cm³/mol. The van der Waals surface area contributed by atoms with Crippen LogP contribution >= 0.6 is 15.9 Å². The summed E-state index contributed by atoms with van der Waals surface area (Å²) in [4.78, 5) is 0. The van der Waals surface area contributed by atoms with E-state index in [0.29, 0.717) is 11.3 Å². The van der Waals surface area contributed by atoms with E-state index in [1.807, 2.05) is 19.1 Å². The van der Waals surface area contributed by atoms with Crippen molar-refractivity contribution >= 4 is 15.9 Å². The molecule has 0 radical (unpaired) electrons. The van der Waals surface area contributed by atoms with Crippen LogP contribution in [0, 0.1) is 18.6 Å². The maximum absolute atomic E-state index is 13.4. The second-order valence-corrected chi connectivity index (χ2v) is 4.85. The lowest BCUT2D eigenvalue weighted by Gasteiger charge is -2.10. The van der Waals surface area contributed by atoms with Crippen molar-refractivity contribution < 1.29 is 13.5 Å². The molecule has 0 unspecified atom stereocenters. The Morgan fingerprint density at radius 1 is 1.11 bits per heavy atom. The van der Waals surface area contributed by atoms with Crippen molar-refractivity contribution in [2.75, 3.05) is 0 Å². The van der Waals surface area contributed by atoms with Crippen molar-refractivity contribution in [1.29, 1.82) is 0 Å². The van der Waals surface area contributed by atoms with Gasteiger partial charge in [0.2, 0.25) is 0 Å². The van der Waals surface area contributed by atoms with Crippen LogP contribution in [0.5, 0.6) is 5.75 Å². The van der Waals surface area contributed by atoms with E-state index in [2.05, 4.69) is 15.9 Å². The van der Waals surface area contributed by atoms with Gasteiger partial charge in [0.15, 0.2) is 0 Å². The fraction of sp³-hybridized carbons (Fsp3) is 0.143. The van der Waals surface area contributed by atoms with E-state index in [1.54, 1.807) is 6.07 Å². The molecule has 0 aliphatic carbocycles. The van der Waals surface area contributed by atoms with E-state index < -0.39 is 11.6 Å². The van der Waals surface area contributed by atoms with Gasteiger partial charge in [-0.2, -0.15) is 0 Å². The first kappa shape index (κ1) is 13.0. The van der Waals surface area contributed by atoms with E-state index >= 15 is 0 Å². The van der Waals surface area contributed by atoms with Crippen LogP contribution in [0.4, 0.5) is 8.78 Å². The van der Waals surface area contributed by atoms with Crippen molar-refractivity contribution in [3.63, 3.8) is 0 Å². The Morgan fingerprint density at radius 2 is 1.89 bits per heavy atom. The van der Waals surface area contributed by atoms with Crippen molar-refractivity contribution in [2.24, 2.45) is 0 Å².